The highest BCUT2D eigenvalue weighted by Crippen LogP contribution is 2.42. The van der Waals surface area contributed by atoms with Crippen LogP contribution in [0.5, 0.6) is 0 Å². The second kappa shape index (κ2) is 3.93. The van der Waals surface area contributed by atoms with E-state index < -0.39 is 11.7 Å². The van der Waals surface area contributed by atoms with Crippen LogP contribution in [0.2, 0.25) is 0 Å². The maximum Gasteiger partial charge on any atom is 0.417 e. The largest absolute Gasteiger partial charge is 0.417 e. The van der Waals surface area contributed by atoms with Crippen molar-refractivity contribution in [2.24, 2.45) is 5.73 Å². The van der Waals surface area contributed by atoms with Crippen LogP contribution >= 0.6 is 0 Å². The predicted molar refractivity (Wildman–Crippen MR) is 62.6 cm³/mol. The summed E-state index contributed by atoms with van der Waals surface area (Å²) in [4.78, 5) is 0. The lowest BCUT2D eigenvalue weighted by Gasteiger charge is -2.39. The van der Waals surface area contributed by atoms with Crippen molar-refractivity contribution >= 4 is 5.65 Å². The number of halogens is 3. The third kappa shape index (κ3) is 1.80. The minimum atomic E-state index is -4.37. The molecule has 2 N–H and O–H groups in total. The molecule has 19 heavy (non-hydrogen) atoms. The molecular weight excluding hydrogens is 257 g/mol. The molecule has 1 aliphatic carbocycles. The number of hydrogen-bond acceptors (Lipinski definition) is 3. The summed E-state index contributed by atoms with van der Waals surface area (Å²) in [6.45, 7) is 0.379. The topological polar surface area (TPSA) is 56.2 Å². The molecule has 3 rings (SSSR count). The van der Waals surface area contributed by atoms with E-state index in [1.165, 1.54) is 10.5 Å². The fourth-order valence-corrected chi connectivity index (χ4v) is 2.54. The number of alkyl halides is 3. The Hall–Kier alpha value is -1.63. The maximum absolute atomic E-state index is 12.7. The summed E-state index contributed by atoms with van der Waals surface area (Å²) in [6.07, 6.45) is -0.599. The van der Waals surface area contributed by atoms with E-state index in [4.69, 9.17) is 5.73 Å². The lowest BCUT2D eigenvalue weighted by atomic mass is 9.68. The zero-order chi connectivity index (χ0) is 13.7. The maximum atomic E-state index is 12.7. The third-order valence-corrected chi connectivity index (χ3v) is 3.91. The van der Waals surface area contributed by atoms with E-state index in [1.807, 2.05) is 0 Å². The second-order valence-electron chi connectivity index (χ2n) is 5.01. The first-order valence-electron chi connectivity index (χ1n) is 6.09. The van der Waals surface area contributed by atoms with E-state index in [1.54, 1.807) is 0 Å². The van der Waals surface area contributed by atoms with Gasteiger partial charge in [0.1, 0.15) is 5.82 Å². The Balaban J connectivity index is 2.16. The predicted octanol–water partition coefficient (Wildman–Crippen LogP) is 2.13. The lowest BCUT2D eigenvalue weighted by molar-refractivity contribution is -0.137. The average molecular weight is 270 g/mol. The summed E-state index contributed by atoms with van der Waals surface area (Å²) in [5.41, 5.74) is 5.17. The number of nitrogens with two attached hydrogens (primary N) is 1. The number of hydrogen-bond donors (Lipinski definition) is 1. The summed E-state index contributed by atoms with van der Waals surface area (Å²) < 4.78 is 39.7. The van der Waals surface area contributed by atoms with Crippen molar-refractivity contribution in [3.8, 4) is 0 Å². The Morgan fingerprint density at radius 2 is 2.00 bits per heavy atom. The quantitative estimate of drug-likeness (QED) is 0.909. The van der Waals surface area contributed by atoms with Crippen LogP contribution in [0.4, 0.5) is 13.2 Å². The van der Waals surface area contributed by atoms with Crippen molar-refractivity contribution in [3.05, 3.63) is 29.7 Å². The van der Waals surface area contributed by atoms with Crippen LogP contribution in [0.3, 0.4) is 0 Å². The highest BCUT2D eigenvalue weighted by atomic mass is 19.4. The molecule has 102 valence electrons. The molecule has 2 aromatic heterocycles. The summed E-state index contributed by atoms with van der Waals surface area (Å²) in [5, 5.41) is 7.98. The molecule has 1 saturated carbocycles. The highest BCUT2D eigenvalue weighted by Gasteiger charge is 2.42. The lowest BCUT2D eigenvalue weighted by Crippen LogP contribution is -2.43. The van der Waals surface area contributed by atoms with Crippen LogP contribution in [0, 0.1) is 0 Å². The minimum absolute atomic E-state index is 0.316. The van der Waals surface area contributed by atoms with Crippen LogP contribution in [-0.2, 0) is 11.6 Å². The van der Waals surface area contributed by atoms with Crippen LogP contribution in [-0.4, -0.2) is 21.1 Å². The Bertz CT molecular complexity index is 607. The number of aromatic nitrogens is 3. The van der Waals surface area contributed by atoms with Gasteiger partial charge in [0.2, 0.25) is 0 Å². The van der Waals surface area contributed by atoms with Crippen molar-refractivity contribution in [3.63, 3.8) is 0 Å². The summed E-state index contributed by atoms with van der Waals surface area (Å²) in [6, 6.07) is 2.35. The zero-order valence-electron chi connectivity index (χ0n) is 10.1. The van der Waals surface area contributed by atoms with Gasteiger partial charge in [0.25, 0.3) is 0 Å². The summed E-state index contributed by atoms with van der Waals surface area (Å²) >= 11 is 0. The SMILES string of the molecule is NCC1(c2nnc3ccc(C(F)(F)F)cn23)CCC1. The normalized spacial score (nSPS) is 18.5. The smallest absolute Gasteiger partial charge is 0.329 e. The molecule has 1 aliphatic rings. The van der Waals surface area contributed by atoms with Crippen molar-refractivity contribution < 1.29 is 13.2 Å². The van der Waals surface area contributed by atoms with Crippen molar-refractivity contribution in [2.45, 2.75) is 30.9 Å². The van der Waals surface area contributed by atoms with Gasteiger partial charge in [-0.3, -0.25) is 4.40 Å². The molecule has 0 saturated heterocycles. The van der Waals surface area contributed by atoms with Gasteiger partial charge in [-0.15, -0.1) is 10.2 Å². The monoisotopic (exact) mass is 270 g/mol. The standard InChI is InChI=1S/C12H13F3N4/c13-12(14,15)8-2-3-9-17-18-10(19(9)6-8)11(7-16)4-1-5-11/h2-3,6H,1,4-5,7,16H2. The van der Waals surface area contributed by atoms with Crippen LogP contribution in [0.25, 0.3) is 5.65 Å². The van der Waals surface area contributed by atoms with Gasteiger partial charge < -0.3 is 5.73 Å². The fraction of sp³-hybridized carbons (Fsp3) is 0.500. The van der Waals surface area contributed by atoms with E-state index in [0.29, 0.717) is 18.0 Å². The molecule has 0 bridgehead atoms. The molecule has 0 atom stereocenters. The Morgan fingerprint density at radius 1 is 1.26 bits per heavy atom. The zero-order valence-corrected chi connectivity index (χ0v) is 10.1. The third-order valence-electron chi connectivity index (χ3n) is 3.91. The van der Waals surface area contributed by atoms with Crippen LogP contribution in [0.15, 0.2) is 18.3 Å². The van der Waals surface area contributed by atoms with Gasteiger partial charge in [0, 0.05) is 18.2 Å². The molecule has 0 spiro atoms. The van der Waals surface area contributed by atoms with E-state index in [2.05, 4.69) is 10.2 Å². The van der Waals surface area contributed by atoms with Gasteiger partial charge in [0.15, 0.2) is 5.65 Å². The van der Waals surface area contributed by atoms with Gasteiger partial charge in [-0.05, 0) is 25.0 Å². The van der Waals surface area contributed by atoms with Gasteiger partial charge in [-0.1, -0.05) is 6.42 Å². The van der Waals surface area contributed by atoms with E-state index >= 15 is 0 Å². The van der Waals surface area contributed by atoms with Crippen molar-refractivity contribution in [2.75, 3.05) is 6.54 Å². The molecule has 2 aromatic rings. The first-order chi connectivity index (χ1) is 8.96. The number of rotatable bonds is 2. The first kappa shape index (κ1) is 12.4. The molecule has 4 nitrogen and oxygen atoms in total. The van der Waals surface area contributed by atoms with Gasteiger partial charge in [-0.25, -0.2) is 0 Å². The number of fused-ring (bicyclic) bond motifs is 1. The van der Waals surface area contributed by atoms with E-state index in [-0.39, 0.29) is 5.41 Å². The molecule has 1 fully saturated rings. The fourth-order valence-electron chi connectivity index (χ4n) is 2.54. The molecule has 0 aliphatic heterocycles. The van der Waals surface area contributed by atoms with Gasteiger partial charge in [0.05, 0.1) is 5.56 Å². The summed E-state index contributed by atoms with van der Waals surface area (Å²) in [5.74, 6) is 0.544. The van der Waals surface area contributed by atoms with E-state index in [9.17, 15) is 13.2 Å². The Morgan fingerprint density at radius 3 is 2.53 bits per heavy atom. The van der Waals surface area contributed by atoms with Crippen molar-refractivity contribution in [1.29, 1.82) is 0 Å². The highest BCUT2D eigenvalue weighted by molar-refractivity contribution is 5.41. The molecule has 0 radical (unpaired) electrons. The van der Waals surface area contributed by atoms with Gasteiger partial charge >= 0.3 is 6.18 Å². The Kier molecular flexibility index (Phi) is 2.57. The average Bonchev–Trinajstić information content (AvgIpc) is 2.71. The number of pyridine rings is 1. The molecule has 0 aromatic carbocycles. The first-order valence-corrected chi connectivity index (χ1v) is 6.09. The van der Waals surface area contributed by atoms with Gasteiger partial charge in [-0.2, -0.15) is 13.2 Å². The molecular formula is C12H13F3N4. The number of nitrogens with zero attached hydrogens (tertiary/aromatic N) is 3. The Labute approximate surface area is 107 Å². The molecule has 7 heteroatoms. The van der Waals surface area contributed by atoms with Crippen LogP contribution in [0.1, 0.15) is 30.7 Å². The van der Waals surface area contributed by atoms with Crippen LogP contribution < -0.4 is 5.73 Å². The van der Waals surface area contributed by atoms with Crippen molar-refractivity contribution in [1.82, 2.24) is 14.6 Å². The van der Waals surface area contributed by atoms with E-state index in [0.717, 1.165) is 31.5 Å². The molecule has 0 unspecified atom stereocenters. The minimum Gasteiger partial charge on any atom is -0.329 e. The molecule has 2 heterocycles. The molecule has 0 amide bonds. The summed E-state index contributed by atoms with van der Waals surface area (Å²) in [7, 11) is 0. The second-order valence-corrected chi connectivity index (χ2v) is 5.01.